The van der Waals surface area contributed by atoms with Crippen LogP contribution in [0.15, 0.2) is 30.3 Å². The molecule has 0 aliphatic carbocycles. The molecule has 5 heteroatoms. The van der Waals surface area contributed by atoms with Crippen molar-refractivity contribution in [2.24, 2.45) is 0 Å². The van der Waals surface area contributed by atoms with Gasteiger partial charge in [-0.15, -0.1) is 0 Å². The molecule has 1 fully saturated rings. The van der Waals surface area contributed by atoms with Gasteiger partial charge in [0.15, 0.2) is 0 Å². The first-order valence-electron chi connectivity index (χ1n) is 8.63. The number of benzene rings is 2. The molecule has 2 aliphatic heterocycles. The molecule has 0 bridgehead atoms. The normalized spacial score (nSPS) is 21.4. The van der Waals surface area contributed by atoms with Crippen LogP contribution in [0.2, 0.25) is 5.02 Å². The van der Waals surface area contributed by atoms with Crippen molar-refractivity contribution < 1.29 is 0 Å². The smallest absolute Gasteiger partial charge is 0.101 e. The first-order valence-corrected chi connectivity index (χ1v) is 9.01. The maximum Gasteiger partial charge on any atom is 0.101 e. The molecule has 0 saturated carbocycles. The van der Waals surface area contributed by atoms with Crippen molar-refractivity contribution in [2.45, 2.75) is 25.3 Å². The number of rotatable bonds is 2. The van der Waals surface area contributed by atoms with Crippen LogP contribution in [-0.2, 0) is 0 Å². The first-order chi connectivity index (χ1) is 12.1. The van der Waals surface area contributed by atoms with Crippen LogP contribution in [0.1, 0.15) is 29.0 Å². The molecule has 4 nitrogen and oxygen atoms in total. The number of halogens is 1. The molecule has 2 aliphatic rings. The minimum absolute atomic E-state index is 0.439. The predicted octanol–water partition coefficient (Wildman–Crippen LogP) is 4.16. The van der Waals surface area contributed by atoms with Gasteiger partial charge < -0.3 is 15.5 Å². The number of piperidine rings is 1. The Morgan fingerprint density at radius 1 is 1.28 bits per heavy atom. The zero-order chi connectivity index (χ0) is 17.6. The van der Waals surface area contributed by atoms with Crippen LogP contribution in [0.5, 0.6) is 0 Å². The summed E-state index contributed by atoms with van der Waals surface area (Å²) in [6, 6.07) is 12.9. The molecule has 2 aromatic carbocycles. The van der Waals surface area contributed by atoms with Crippen LogP contribution >= 0.6 is 11.6 Å². The van der Waals surface area contributed by atoms with Gasteiger partial charge in [-0.05, 0) is 61.3 Å². The fourth-order valence-electron chi connectivity index (χ4n) is 4.17. The summed E-state index contributed by atoms with van der Waals surface area (Å²) in [5.41, 5.74) is 6.07. The molecular weight excluding hydrogens is 332 g/mol. The first kappa shape index (κ1) is 16.3. The van der Waals surface area contributed by atoms with Gasteiger partial charge >= 0.3 is 0 Å². The molecule has 2 N–H and O–H groups in total. The number of nitriles is 1. The van der Waals surface area contributed by atoms with Crippen LogP contribution in [0.25, 0.3) is 0 Å². The lowest BCUT2D eigenvalue weighted by Crippen LogP contribution is -2.42. The molecule has 0 spiro atoms. The van der Waals surface area contributed by atoms with Crippen LogP contribution in [0.3, 0.4) is 0 Å². The molecule has 0 amide bonds. The van der Waals surface area contributed by atoms with Gasteiger partial charge in [-0.1, -0.05) is 11.6 Å². The summed E-state index contributed by atoms with van der Waals surface area (Å²) in [4.78, 5) is 2.30. The average molecular weight is 353 g/mol. The van der Waals surface area contributed by atoms with E-state index < -0.39 is 0 Å². The lowest BCUT2D eigenvalue weighted by molar-refractivity contribution is 0.413. The number of hydrogen-bond donors (Lipinski definition) is 2. The second-order valence-electron chi connectivity index (χ2n) is 6.94. The summed E-state index contributed by atoms with van der Waals surface area (Å²) in [5, 5.41) is 17.4. The standard InChI is InChI=1S/C20H21ClN4/c1-12-7-14(3-4-18(12)21)24-15-8-13(10-22)20-16(9-15)17-11-23-6-5-19(17)25(20)2/h3-4,7-9,17,19,23-24H,5-6,11H2,1-2H3/t17-,19-/m0/s1. The molecule has 0 unspecified atom stereocenters. The number of nitrogens with one attached hydrogen (secondary N) is 2. The summed E-state index contributed by atoms with van der Waals surface area (Å²) < 4.78 is 0. The molecule has 2 heterocycles. The monoisotopic (exact) mass is 352 g/mol. The van der Waals surface area contributed by atoms with Gasteiger partial charge in [0.05, 0.1) is 11.3 Å². The van der Waals surface area contributed by atoms with Crippen LogP contribution in [0, 0.1) is 18.3 Å². The van der Waals surface area contributed by atoms with E-state index in [0.717, 1.165) is 52.7 Å². The molecule has 1 saturated heterocycles. The predicted molar refractivity (Wildman–Crippen MR) is 103 cm³/mol. The third-order valence-electron chi connectivity index (χ3n) is 5.40. The highest BCUT2D eigenvalue weighted by atomic mass is 35.5. The van der Waals surface area contributed by atoms with Gasteiger partial charge in [0.25, 0.3) is 0 Å². The fraction of sp³-hybridized carbons (Fsp3) is 0.350. The Morgan fingerprint density at radius 2 is 2.12 bits per heavy atom. The minimum Gasteiger partial charge on any atom is -0.370 e. The van der Waals surface area contributed by atoms with E-state index in [-0.39, 0.29) is 0 Å². The number of likely N-dealkylation sites (N-methyl/N-ethyl adjacent to an activating group) is 1. The Bertz CT molecular complexity index is 871. The molecule has 128 valence electrons. The molecular formula is C20H21ClN4. The number of nitrogens with zero attached hydrogens (tertiary/aromatic N) is 2. The lowest BCUT2D eigenvalue weighted by atomic mass is 9.89. The Morgan fingerprint density at radius 3 is 2.88 bits per heavy atom. The van der Waals surface area contributed by atoms with Gasteiger partial charge in [-0.3, -0.25) is 0 Å². The lowest BCUT2D eigenvalue weighted by Gasteiger charge is -2.31. The molecule has 2 aromatic rings. The zero-order valence-electron chi connectivity index (χ0n) is 14.4. The second kappa shape index (κ2) is 6.25. The maximum atomic E-state index is 9.69. The summed E-state index contributed by atoms with van der Waals surface area (Å²) in [6.45, 7) is 4.00. The number of aryl methyl sites for hydroxylation is 1. The van der Waals surface area contributed by atoms with E-state index in [1.54, 1.807) is 0 Å². The SMILES string of the molecule is Cc1cc(Nc2cc(C#N)c3c(c2)[C@@H]2CNCC[C@@H]2N3C)ccc1Cl. The van der Waals surface area contributed by atoms with E-state index >= 15 is 0 Å². The molecule has 0 aromatic heterocycles. The highest BCUT2D eigenvalue weighted by molar-refractivity contribution is 6.31. The Hall–Kier alpha value is -2.22. The molecule has 25 heavy (non-hydrogen) atoms. The summed E-state index contributed by atoms with van der Waals surface area (Å²) in [7, 11) is 2.12. The number of anilines is 3. The van der Waals surface area contributed by atoms with Gasteiger partial charge in [0.2, 0.25) is 0 Å². The fourth-order valence-corrected chi connectivity index (χ4v) is 4.29. The highest BCUT2D eigenvalue weighted by Gasteiger charge is 2.39. The van der Waals surface area contributed by atoms with Gasteiger partial charge in [-0.2, -0.15) is 5.26 Å². The van der Waals surface area contributed by atoms with Gasteiger partial charge in [0, 0.05) is 41.9 Å². The summed E-state index contributed by atoms with van der Waals surface area (Å²) in [6.07, 6.45) is 1.11. The second-order valence-corrected chi connectivity index (χ2v) is 7.35. The van der Waals surface area contributed by atoms with Crippen molar-refractivity contribution in [3.05, 3.63) is 52.0 Å². The Kier molecular flexibility index (Phi) is 4.07. The van der Waals surface area contributed by atoms with Crippen molar-refractivity contribution in [3.63, 3.8) is 0 Å². The van der Waals surface area contributed by atoms with Crippen molar-refractivity contribution >= 4 is 28.7 Å². The van der Waals surface area contributed by atoms with Crippen molar-refractivity contribution in [1.29, 1.82) is 5.26 Å². The third kappa shape index (κ3) is 2.74. The Balaban J connectivity index is 1.74. The van der Waals surface area contributed by atoms with E-state index in [9.17, 15) is 5.26 Å². The quantitative estimate of drug-likeness (QED) is 0.852. The molecule has 4 rings (SSSR count). The van der Waals surface area contributed by atoms with Crippen molar-refractivity contribution in [3.8, 4) is 6.07 Å². The summed E-state index contributed by atoms with van der Waals surface area (Å²) >= 11 is 6.12. The van der Waals surface area contributed by atoms with Crippen molar-refractivity contribution in [1.82, 2.24) is 5.32 Å². The van der Waals surface area contributed by atoms with Gasteiger partial charge in [0.1, 0.15) is 6.07 Å². The van der Waals surface area contributed by atoms with Crippen LogP contribution in [0.4, 0.5) is 17.1 Å². The topological polar surface area (TPSA) is 51.1 Å². The van der Waals surface area contributed by atoms with Gasteiger partial charge in [-0.25, -0.2) is 0 Å². The van der Waals surface area contributed by atoms with E-state index in [0.29, 0.717) is 12.0 Å². The average Bonchev–Trinajstić information content (AvgIpc) is 2.91. The van der Waals surface area contributed by atoms with E-state index in [4.69, 9.17) is 11.6 Å². The molecule has 2 atom stereocenters. The van der Waals surface area contributed by atoms with E-state index in [1.165, 1.54) is 5.56 Å². The van der Waals surface area contributed by atoms with E-state index in [2.05, 4.69) is 34.7 Å². The van der Waals surface area contributed by atoms with Crippen molar-refractivity contribution in [2.75, 3.05) is 30.4 Å². The highest BCUT2D eigenvalue weighted by Crippen LogP contribution is 2.45. The number of hydrogen-bond acceptors (Lipinski definition) is 4. The van der Waals surface area contributed by atoms with Crippen LogP contribution < -0.4 is 15.5 Å². The Labute approximate surface area is 153 Å². The molecule has 0 radical (unpaired) electrons. The largest absolute Gasteiger partial charge is 0.370 e. The van der Waals surface area contributed by atoms with Crippen LogP contribution in [-0.4, -0.2) is 26.2 Å². The maximum absolute atomic E-state index is 9.69. The summed E-state index contributed by atoms with van der Waals surface area (Å²) in [5.74, 6) is 0.439. The third-order valence-corrected chi connectivity index (χ3v) is 5.83. The number of fused-ring (bicyclic) bond motifs is 3. The zero-order valence-corrected chi connectivity index (χ0v) is 15.2. The minimum atomic E-state index is 0.439. The van der Waals surface area contributed by atoms with E-state index in [1.807, 2.05) is 31.2 Å².